The molecule has 1 unspecified atom stereocenters. The first-order chi connectivity index (χ1) is 10.8. The van der Waals surface area contributed by atoms with Gasteiger partial charge in [-0.1, -0.05) is 30.3 Å². The van der Waals surface area contributed by atoms with E-state index in [1.165, 1.54) is 18.4 Å². The largest absolute Gasteiger partial charge is 0.342 e. The number of piperidine rings is 2. The molecule has 1 N–H and O–H groups in total. The van der Waals surface area contributed by atoms with Crippen molar-refractivity contribution in [2.24, 2.45) is 11.3 Å². The lowest BCUT2D eigenvalue weighted by Gasteiger charge is -2.33. The van der Waals surface area contributed by atoms with Crippen LogP contribution in [0.4, 0.5) is 0 Å². The van der Waals surface area contributed by atoms with E-state index < -0.39 is 0 Å². The van der Waals surface area contributed by atoms with Crippen LogP contribution in [0.25, 0.3) is 0 Å². The van der Waals surface area contributed by atoms with E-state index in [0.717, 1.165) is 45.4 Å². The van der Waals surface area contributed by atoms with Crippen LogP contribution in [-0.2, 0) is 4.79 Å². The first-order valence-electron chi connectivity index (χ1n) is 8.83. The van der Waals surface area contributed by atoms with Crippen molar-refractivity contribution in [3.05, 3.63) is 35.9 Å². The van der Waals surface area contributed by atoms with Gasteiger partial charge in [0.15, 0.2) is 0 Å². The van der Waals surface area contributed by atoms with Gasteiger partial charge in [-0.2, -0.15) is 0 Å². The summed E-state index contributed by atoms with van der Waals surface area (Å²) in [6, 6.07) is 10.8. The molecular weight excluding hydrogens is 272 g/mol. The van der Waals surface area contributed by atoms with Gasteiger partial charge in [0.2, 0.25) is 5.91 Å². The van der Waals surface area contributed by atoms with Crippen LogP contribution in [0.15, 0.2) is 30.3 Å². The van der Waals surface area contributed by atoms with Crippen molar-refractivity contribution in [3.8, 4) is 0 Å². The molecule has 3 aliphatic rings. The maximum Gasteiger partial charge on any atom is 0.226 e. The highest BCUT2D eigenvalue weighted by atomic mass is 16.2. The third kappa shape index (κ3) is 2.56. The van der Waals surface area contributed by atoms with Crippen molar-refractivity contribution in [1.82, 2.24) is 10.2 Å². The van der Waals surface area contributed by atoms with E-state index >= 15 is 0 Å². The third-order valence-electron chi connectivity index (χ3n) is 6.16. The minimum Gasteiger partial charge on any atom is -0.342 e. The van der Waals surface area contributed by atoms with Gasteiger partial charge in [-0.25, -0.2) is 0 Å². The minimum absolute atomic E-state index is 0.336. The van der Waals surface area contributed by atoms with E-state index in [1.54, 1.807) is 0 Å². The Hall–Kier alpha value is -1.35. The number of rotatable bonds is 2. The van der Waals surface area contributed by atoms with Gasteiger partial charge >= 0.3 is 0 Å². The summed E-state index contributed by atoms with van der Waals surface area (Å²) >= 11 is 0. The average molecular weight is 298 g/mol. The van der Waals surface area contributed by atoms with Gasteiger partial charge in [0.25, 0.3) is 0 Å². The number of nitrogens with zero attached hydrogens (tertiary/aromatic N) is 1. The molecule has 1 saturated carbocycles. The number of amides is 1. The predicted octanol–water partition coefficient (Wildman–Crippen LogP) is 2.78. The summed E-state index contributed by atoms with van der Waals surface area (Å²) in [5.41, 5.74) is 1.81. The van der Waals surface area contributed by atoms with Gasteiger partial charge in [0.1, 0.15) is 0 Å². The number of carbonyl (C=O) groups is 1. The lowest BCUT2D eigenvalue weighted by Crippen LogP contribution is -2.40. The molecule has 1 amide bonds. The molecule has 0 aromatic heterocycles. The molecule has 3 heteroatoms. The Bertz CT molecular complexity index is 528. The molecule has 1 aromatic rings. The minimum atomic E-state index is 0.336. The van der Waals surface area contributed by atoms with E-state index in [1.807, 2.05) is 0 Å². The zero-order chi connectivity index (χ0) is 15.0. The van der Waals surface area contributed by atoms with Crippen LogP contribution < -0.4 is 5.32 Å². The van der Waals surface area contributed by atoms with Crippen LogP contribution in [0.3, 0.4) is 0 Å². The van der Waals surface area contributed by atoms with Gasteiger partial charge in [0.05, 0.1) is 0 Å². The highest BCUT2D eigenvalue weighted by molar-refractivity contribution is 5.82. The molecule has 2 heterocycles. The highest BCUT2D eigenvalue weighted by Gasteiger charge is 2.58. The van der Waals surface area contributed by atoms with E-state index in [4.69, 9.17) is 0 Å². The molecule has 1 aliphatic carbocycles. The van der Waals surface area contributed by atoms with Gasteiger partial charge in [-0.05, 0) is 62.1 Å². The number of hydrogen-bond acceptors (Lipinski definition) is 2. The van der Waals surface area contributed by atoms with Crippen molar-refractivity contribution < 1.29 is 4.79 Å². The Labute approximate surface area is 133 Å². The Balaban J connectivity index is 1.33. The van der Waals surface area contributed by atoms with Crippen LogP contribution in [-0.4, -0.2) is 37.0 Å². The summed E-state index contributed by atoms with van der Waals surface area (Å²) in [6.45, 7) is 4.09. The lowest BCUT2D eigenvalue weighted by atomic mass is 9.88. The number of carbonyl (C=O) groups excluding carboxylic acids is 1. The number of likely N-dealkylation sites (tertiary alicyclic amines) is 1. The summed E-state index contributed by atoms with van der Waals surface area (Å²) in [6.07, 6.45) is 5.79. The highest BCUT2D eigenvalue weighted by Crippen LogP contribution is 2.59. The maximum absolute atomic E-state index is 12.8. The summed E-state index contributed by atoms with van der Waals surface area (Å²) in [5, 5.41) is 3.42. The standard InChI is InChI=1S/C19H26N2O/c22-18(17-14-19(17)8-10-20-11-9-19)21-12-6-16(7-13-21)15-4-2-1-3-5-15/h1-5,16-17,20H,6-14H2. The predicted molar refractivity (Wildman–Crippen MR) is 87.6 cm³/mol. The molecule has 118 valence electrons. The van der Waals surface area contributed by atoms with E-state index in [0.29, 0.717) is 23.2 Å². The Kier molecular flexibility index (Phi) is 3.69. The summed E-state index contributed by atoms with van der Waals surface area (Å²) < 4.78 is 0. The first-order valence-corrected chi connectivity index (χ1v) is 8.83. The van der Waals surface area contributed by atoms with E-state index in [-0.39, 0.29) is 0 Å². The molecule has 3 fully saturated rings. The second-order valence-electron chi connectivity index (χ2n) is 7.38. The molecule has 22 heavy (non-hydrogen) atoms. The van der Waals surface area contributed by atoms with Crippen LogP contribution in [0.5, 0.6) is 0 Å². The van der Waals surface area contributed by atoms with Crippen LogP contribution >= 0.6 is 0 Å². The molecule has 1 aromatic carbocycles. The average Bonchev–Trinajstić information content (AvgIpc) is 3.29. The van der Waals surface area contributed by atoms with Crippen molar-refractivity contribution in [2.75, 3.05) is 26.2 Å². The molecule has 0 bridgehead atoms. The Morgan fingerprint density at radius 3 is 2.45 bits per heavy atom. The van der Waals surface area contributed by atoms with Gasteiger partial charge in [-0.3, -0.25) is 4.79 Å². The normalized spacial score (nSPS) is 27.8. The topological polar surface area (TPSA) is 32.3 Å². The van der Waals surface area contributed by atoms with Gasteiger partial charge < -0.3 is 10.2 Å². The van der Waals surface area contributed by atoms with E-state index in [2.05, 4.69) is 40.5 Å². The lowest BCUT2D eigenvalue weighted by molar-refractivity contribution is -0.134. The smallest absolute Gasteiger partial charge is 0.226 e. The van der Waals surface area contributed by atoms with E-state index in [9.17, 15) is 4.79 Å². The van der Waals surface area contributed by atoms with Crippen LogP contribution in [0.2, 0.25) is 0 Å². The summed E-state index contributed by atoms with van der Waals surface area (Å²) in [5.74, 6) is 1.42. The zero-order valence-corrected chi connectivity index (χ0v) is 13.3. The molecule has 2 aliphatic heterocycles. The first kappa shape index (κ1) is 14.3. The Morgan fingerprint density at radius 1 is 1.09 bits per heavy atom. The molecule has 1 atom stereocenters. The summed E-state index contributed by atoms with van der Waals surface area (Å²) in [4.78, 5) is 14.9. The Morgan fingerprint density at radius 2 is 1.77 bits per heavy atom. The zero-order valence-electron chi connectivity index (χ0n) is 13.3. The number of benzene rings is 1. The monoisotopic (exact) mass is 298 g/mol. The molecule has 0 radical (unpaired) electrons. The quantitative estimate of drug-likeness (QED) is 0.910. The molecule has 4 rings (SSSR count). The molecule has 2 saturated heterocycles. The van der Waals surface area contributed by atoms with Crippen molar-refractivity contribution in [2.45, 2.75) is 38.0 Å². The summed E-state index contributed by atoms with van der Waals surface area (Å²) in [7, 11) is 0. The third-order valence-corrected chi connectivity index (χ3v) is 6.16. The fourth-order valence-corrected chi connectivity index (χ4v) is 4.55. The molecule has 3 nitrogen and oxygen atoms in total. The van der Waals surface area contributed by atoms with Crippen LogP contribution in [0.1, 0.15) is 43.6 Å². The second-order valence-corrected chi connectivity index (χ2v) is 7.38. The van der Waals surface area contributed by atoms with Gasteiger partial charge in [0, 0.05) is 19.0 Å². The number of nitrogens with one attached hydrogen (secondary N) is 1. The molecule has 1 spiro atoms. The van der Waals surface area contributed by atoms with Gasteiger partial charge in [-0.15, -0.1) is 0 Å². The van der Waals surface area contributed by atoms with Crippen molar-refractivity contribution >= 4 is 5.91 Å². The maximum atomic E-state index is 12.8. The van der Waals surface area contributed by atoms with Crippen LogP contribution in [0, 0.1) is 11.3 Å². The molecular formula is C19H26N2O. The second kappa shape index (κ2) is 5.69. The fourth-order valence-electron chi connectivity index (χ4n) is 4.55. The fraction of sp³-hybridized carbons (Fsp3) is 0.632. The van der Waals surface area contributed by atoms with Crippen molar-refractivity contribution in [1.29, 1.82) is 0 Å². The SMILES string of the molecule is O=C(C1CC12CCNCC2)N1CCC(c2ccccc2)CC1. The number of hydrogen-bond donors (Lipinski definition) is 1. The van der Waals surface area contributed by atoms with Crippen molar-refractivity contribution in [3.63, 3.8) is 0 Å².